The van der Waals surface area contributed by atoms with Crippen molar-refractivity contribution in [1.82, 2.24) is 14.8 Å². The number of thiazole rings is 1. The molecule has 1 saturated carbocycles. The van der Waals surface area contributed by atoms with E-state index in [0.29, 0.717) is 16.5 Å². The molecule has 4 rings (SSSR count). The van der Waals surface area contributed by atoms with Crippen LogP contribution in [0.4, 0.5) is 0 Å². The van der Waals surface area contributed by atoms with Gasteiger partial charge in [0.05, 0.1) is 11.9 Å². The van der Waals surface area contributed by atoms with Gasteiger partial charge in [-0.25, -0.2) is 9.78 Å². The Kier molecular flexibility index (Phi) is 4.67. The average molecular weight is 432 g/mol. The van der Waals surface area contributed by atoms with E-state index in [2.05, 4.69) is 26.0 Å². The van der Waals surface area contributed by atoms with Crippen LogP contribution < -0.4 is 0 Å². The molecular weight excluding hydrogens is 414 g/mol. The summed E-state index contributed by atoms with van der Waals surface area (Å²) >= 11 is 4.81. The Balaban J connectivity index is 1.57. The maximum Gasteiger partial charge on any atom is 0.350 e. The number of carbonyl (C=O) groups excluding carboxylic acids is 1. The molecule has 1 unspecified atom stereocenters. The number of nitrogens with zero attached hydrogens (tertiary/aromatic N) is 3. The minimum atomic E-state index is -0.296. The highest BCUT2D eigenvalue weighted by molar-refractivity contribution is 9.10. The molecule has 2 heterocycles. The van der Waals surface area contributed by atoms with E-state index in [4.69, 9.17) is 4.74 Å². The van der Waals surface area contributed by atoms with Gasteiger partial charge in [-0.3, -0.25) is 4.68 Å². The van der Waals surface area contributed by atoms with E-state index in [9.17, 15) is 4.79 Å². The second-order valence-electron chi connectivity index (χ2n) is 6.55. The fourth-order valence-corrected chi connectivity index (χ4v) is 4.09. The molecule has 3 aromatic rings. The summed E-state index contributed by atoms with van der Waals surface area (Å²) in [5, 5.41) is 4.95. The van der Waals surface area contributed by atoms with Gasteiger partial charge in [-0.2, -0.15) is 5.10 Å². The molecule has 26 heavy (non-hydrogen) atoms. The highest BCUT2D eigenvalue weighted by Crippen LogP contribution is 2.44. The molecule has 134 valence electrons. The zero-order valence-corrected chi connectivity index (χ0v) is 16.9. The molecule has 5 nitrogen and oxygen atoms in total. The van der Waals surface area contributed by atoms with Gasteiger partial charge in [0.15, 0.2) is 0 Å². The zero-order valence-electron chi connectivity index (χ0n) is 14.5. The number of aryl methyl sites for hydroxylation is 2. The molecule has 0 amide bonds. The van der Waals surface area contributed by atoms with Crippen LogP contribution >= 0.6 is 27.3 Å². The molecule has 0 saturated heterocycles. The molecular formula is C19H18BrN3O2S. The lowest BCUT2D eigenvalue weighted by molar-refractivity contribution is 0.0246. The molecule has 0 radical (unpaired) electrons. The normalized spacial score (nSPS) is 15.0. The number of halogens is 1. The Labute approximate surface area is 164 Å². The number of hydrogen-bond acceptors (Lipinski definition) is 5. The quantitative estimate of drug-likeness (QED) is 0.537. The van der Waals surface area contributed by atoms with Crippen molar-refractivity contribution in [1.29, 1.82) is 0 Å². The smallest absolute Gasteiger partial charge is 0.350 e. The maximum absolute atomic E-state index is 12.8. The third kappa shape index (κ3) is 3.59. The standard InChI is InChI=1S/C19H18BrN3O2S/c1-11-17(26-18(22-11)14-9-21-23(2)10-14)19(24)25-16(12-3-4-12)13-5-7-15(20)8-6-13/h5-10,12,16H,3-4H2,1-2H3. The van der Waals surface area contributed by atoms with Gasteiger partial charge in [0.2, 0.25) is 0 Å². The van der Waals surface area contributed by atoms with Crippen LogP contribution in [-0.2, 0) is 11.8 Å². The monoisotopic (exact) mass is 431 g/mol. The number of aromatic nitrogens is 3. The SMILES string of the molecule is Cc1nc(-c2cnn(C)c2)sc1C(=O)OC(c1ccc(Br)cc1)C1CC1. The van der Waals surface area contributed by atoms with Crippen LogP contribution in [0.1, 0.15) is 39.9 Å². The Morgan fingerprint density at radius 2 is 2.08 bits per heavy atom. The third-order valence-electron chi connectivity index (χ3n) is 4.42. The second kappa shape index (κ2) is 6.96. The van der Waals surface area contributed by atoms with E-state index in [1.165, 1.54) is 11.3 Å². The molecule has 2 aromatic heterocycles. The van der Waals surface area contributed by atoms with Crippen LogP contribution in [0, 0.1) is 12.8 Å². The molecule has 1 aliphatic carbocycles. The van der Waals surface area contributed by atoms with E-state index in [0.717, 1.165) is 33.4 Å². The van der Waals surface area contributed by atoms with Gasteiger partial charge in [0.25, 0.3) is 0 Å². The highest BCUT2D eigenvalue weighted by Gasteiger charge is 2.36. The first-order valence-electron chi connectivity index (χ1n) is 8.44. The second-order valence-corrected chi connectivity index (χ2v) is 8.47. The summed E-state index contributed by atoms with van der Waals surface area (Å²) in [6.07, 6.45) is 5.64. The van der Waals surface area contributed by atoms with Crippen LogP contribution in [0.15, 0.2) is 41.1 Å². The first-order valence-corrected chi connectivity index (χ1v) is 10.0. The van der Waals surface area contributed by atoms with Crippen LogP contribution in [0.3, 0.4) is 0 Å². The Morgan fingerprint density at radius 1 is 1.35 bits per heavy atom. The summed E-state index contributed by atoms with van der Waals surface area (Å²) in [7, 11) is 1.86. The molecule has 1 fully saturated rings. The van der Waals surface area contributed by atoms with Gasteiger partial charge in [0.1, 0.15) is 16.0 Å². The molecule has 0 aliphatic heterocycles. The van der Waals surface area contributed by atoms with E-state index >= 15 is 0 Å². The number of esters is 1. The molecule has 1 aliphatic rings. The molecule has 7 heteroatoms. The first kappa shape index (κ1) is 17.4. The van der Waals surface area contributed by atoms with Gasteiger partial charge < -0.3 is 4.74 Å². The Bertz CT molecular complexity index is 944. The van der Waals surface area contributed by atoms with E-state index in [-0.39, 0.29) is 12.1 Å². The van der Waals surface area contributed by atoms with Crippen LogP contribution in [-0.4, -0.2) is 20.7 Å². The predicted molar refractivity (Wildman–Crippen MR) is 104 cm³/mol. The topological polar surface area (TPSA) is 57.0 Å². The van der Waals surface area contributed by atoms with Crippen LogP contribution in [0.2, 0.25) is 0 Å². The lowest BCUT2D eigenvalue weighted by Gasteiger charge is -2.17. The Morgan fingerprint density at radius 3 is 2.69 bits per heavy atom. The van der Waals surface area contributed by atoms with E-state index < -0.39 is 0 Å². The van der Waals surface area contributed by atoms with Gasteiger partial charge in [-0.05, 0) is 37.5 Å². The van der Waals surface area contributed by atoms with Crippen LogP contribution in [0.5, 0.6) is 0 Å². The fraction of sp³-hybridized carbons (Fsp3) is 0.316. The van der Waals surface area contributed by atoms with Crippen molar-refractivity contribution in [3.8, 4) is 10.6 Å². The maximum atomic E-state index is 12.8. The molecule has 1 atom stereocenters. The van der Waals surface area contributed by atoms with Crippen molar-refractivity contribution in [2.24, 2.45) is 13.0 Å². The fourth-order valence-electron chi connectivity index (χ4n) is 2.90. The van der Waals surface area contributed by atoms with Gasteiger partial charge >= 0.3 is 5.97 Å². The van der Waals surface area contributed by atoms with Crippen molar-refractivity contribution < 1.29 is 9.53 Å². The number of benzene rings is 1. The number of carbonyl (C=O) groups is 1. The summed E-state index contributed by atoms with van der Waals surface area (Å²) in [6, 6.07) is 8.00. The zero-order chi connectivity index (χ0) is 18.3. The summed E-state index contributed by atoms with van der Waals surface area (Å²) in [5.74, 6) is 0.112. The van der Waals surface area contributed by atoms with Crippen molar-refractivity contribution in [3.05, 3.63) is 57.3 Å². The van der Waals surface area contributed by atoms with E-state index in [1.807, 2.05) is 44.4 Å². The lowest BCUT2D eigenvalue weighted by Crippen LogP contribution is -2.13. The predicted octanol–water partition coefficient (Wildman–Crippen LogP) is 4.92. The summed E-state index contributed by atoms with van der Waals surface area (Å²) in [5.41, 5.74) is 2.65. The first-order chi connectivity index (χ1) is 12.5. The number of ether oxygens (including phenoxy) is 1. The van der Waals surface area contributed by atoms with Crippen molar-refractivity contribution in [2.45, 2.75) is 25.9 Å². The molecule has 0 N–H and O–H groups in total. The van der Waals surface area contributed by atoms with Gasteiger partial charge in [-0.1, -0.05) is 28.1 Å². The van der Waals surface area contributed by atoms with Crippen molar-refractivity contribution >= 4 is 33.2 Å². The minimum absolute atomic E-state index is 0.195. The Hall–Kier alpha value is -1.99. The minimum Gasteiger partial charge on any atom is -0.453 e. The summed E-state index contributed by atoms with van der Waals surface area (Å²) in [6.45, 7) is 1.85. The lowest BCUT2D eigenvalue weighted by atomic mass is 10.1. The number of hydrogen-bond donors (Lipinski definition) is 0. The summed E-state index contributed by atoms with van der Waals surface area (Å²) in [4.78, 5) is 17.9. The molecule has 0 bridgehead atoms. The van der Waals surface area contributed by atoms with Gasteiger partial charge in [-0.15, -0.1) is 11.3 Å². The van der Waals surface area contributed by atoms with Gasteiger partial charge in [0, 0.05) is 29.2 Å². The average Bonchev–Trinajstić information content (AvgIpc) is 3.25. The van der Waals surface area contributed by atoms with E-state index in [1.54, 1.807) is 10.9 Å². The largest absolute Gasteiger partial charge is 0.453 e. The number of rotatable bonds is 5. The van der Waals surface area contributed by atoms with Crippen molar-refractivity contribution in [2.75, 3.05) is 0 Å². The summed E-state index contributed by atoms with van der Waals surface area (Å²) < 4.78 is 8.66. The van der Waals surface area contributed by atoms with Crippen LogP contribution in [0.25, 0.3) is 10.6 Å². The van der Waals surface area contributed by atoms with Crippen molar-refractivity contribution in [3.63, 3.8) is 0 Å². The highest BCUT2D eigenvalue weighted by atomic mass is 79.9. The molecule has 1 aromatic carbocycles. The molecule has 0 spiro atoms. The third-order valence-corrected chi connectivity index (χ3v) is 6.13.